The first-order chi connectivity index (χ1) is 10.6. The molecule has 0 aliphatic rings. The molecule has 0 aliphatic carbocycles. The third-order valence-electron chi connectivity index (χ3n) is 3.65. The van der Waals surface area contributed by atoms with Gasteiger partial charge in [-0.15, -0.1) is 0 Å². The van der Waals surface area contributed by atoms with Crippen molar-refractivity contribution in [3.8, 4) is 17.2 Å². The molecule has 0 unspecified atom stereocenters. The maximum Gasteiger partial charge on any atom is 0.205 e. The topological polar surface area (TPSA) is 56.7 Å². The van der Waals surface area contributed by atoms with Crippen LogP contribution in [0.15, 0.2) is 6.07 Å². The van der Waals surface area contributed by atoms with Gasteiger partial charge in [0.2, 0.25) is 5.75 Å². The first-order valence-corrected chi connectivity index (χ1v) is 7.33. The zero-order valence-electron chi connectivity index (χ0n) is 14.1. The maximum absolute atomic E-state index is 5.54. The van der Waals surface area contributed by atoms with Gasteiger partial charge in [-0.1, -0.05) is 0 Å². The van der Waals surface area contributed by atoms with Gasteiger partial charge in [-0.25, -0.2) is 9.97 Å². The van der Waals surface area contributed by atoms with Crippen molar-refractivity contribution in [2.45, 2.75) is 20.8 Å². The van der Waals surface area contributed by atoms with Crippen molar-refractivity contribution in [3.63, 3.8) is 0 Å². The van der Waals surface area contributed by atoms with Crippen molar-refractivity contribution in [2.75, 3.05) is 39.3 Å². The van der Waals surface area contributed by atoms with Crippen molar-refractivity contribution in [2.24, 2.45) is 0 Å². The molecule has 0 bridgehead atoms. The van der Waals surface area contributed by atoms with Crippen LogP contribution in [0.2, 0.25) is 0 Å². The van der Waals surface area contributed by atoms with E-state index in [1.807, 2.05) is 13.0 Å². The smallest absolute Gasteiger partial charge is 0.205 e. The second-order valence-electron chi connectivity index (χ2n) is 4.81. The number of ether oxygens (including phenoxy) is 3. The van der Waals surface area contributed by atoms with Crippen LogP contribution in [-0.2, 0) is 0 Å². The van der Waals surface area contributed by atoms with Gasteiger partial charge in [0.15, 0.2) is 11.5 Å². The Balaban J connectivity index is 2.89. The van der Waals surface area contributed by atoms with Crippen LogP contribution in [0.5, 0.6) is 17.2 Å². The Bertz CT molecular complexity index is 669. The molecule has 2 rings (SSSR count). The highest BCUT2D eigenvalue weighted by Crippen LogP contribution is 2.44. The number of hydrogen-bond acceptors (Lipinski definition) is 6. The third kappa shape index (κ3) is 2.61. The van der Waals surface area contributed by atoms with Gasteiger partial charge in [-0.3, -0.25) is 0 Å². The van der Waals surface area contributed by atoms with Crippen molar-refractivity contribution >= 4 is 16.7 Å². The molecule has 0 radical (unpaired) electrons. The standard InChI is InChI=1S/C16H23N3O3/c1-7-19(8-2)16-11-9-12(20-4)14(21-5)15(22-6)13(11)17-10(3)18-16/h9H,7-8H2,1-6H3. The van der Waals surface area contributed by atoms with Crippen LogP contribution >= 0.6 is 0 Å². The van der Waals surface area contributed by atoms with Gasteiger partial charge in [0, 0.05) is 13.1 Å². The highest BCUT2D eigenvalue weighted by molar-refractivity contribution is 5.97. The van der Waals surface area contributed by atoms with E-state index in [0.717, 1.165) is 29.8 Å². The molecule has 1 aromatic heterocycles. The largest absolute Gasteiger partial charge is 0.493 e. The molecule has 1 heterocycles. The average Bonchev–Trinajstić information content (AvgIpc) is 2.53. The van der Waals surface area contributed by atoms with Crippen molar-refractivity contribution in [1.29, 1.82) is 0 Å². The molecular weight excluding hydrogens is 282 g/mol. The van der Waals surface area contributed by atoms with Crippen LogP contribution in [0, 0.1) is 6.92 Å². The fraction of sp³-hybridized carbons (Fsp3) is 0.500. The molecule has 22 heavy (non-hydrogen) atoms. The van der Waals surface area contributed by atoms with Crippen LogP contribution in [0.25, 0.3) is 10.9 Å². The predicted molar refractivity (Wildman–Crippen MR) is 87.5 cm³/mol. The molecule has 1 aromatic carbocycles. The van der Waals surface area contributed by atoms with Gasteiger partial charge in [-0.2, -0.15) is 0 Å². The number of rotatable bonds is 6. The summed E-state index contributed by atoms with van der Waals surface area (Å²) in [4.78, 5) is 11.3. The zero-order chi connectivity index (χ0) is 16.3. The van der Waals surface area contributed by atoms with E-state index in [1.165, 1.54) is 0 Å². The normalized spacial score (nSPS) is 10.6. The summed E-state index contributed by atoms with van der Waals surface area (Å²) in [6, 6.07) is 1.91. The molecule has 6 heteroatoms. The molecule has 120 valence electrons. The minimum atomic E-state index is 0.543. The first-order valence-electron chi connectivity index (χ1n) is 7.33. The van der Waals surface area contributed by atoms with E-state index in [1.54, 1.807) is 21.3 Å². The lowest BCUT2D eigenvalue weighted by Gasteiger charge is -2.23. The highest BCUT2D eigenvalue weighted by atomic mass is 16.5. The molecule has 0 saturated heterocycles. The van der Waals surface area contributed by atoms with Gasteiger partial charge >= 0.3 is 0 Å². The summed E-state index contributed by atoms with van der Waals surface area (Å²) >= 11 is 0. The Morgan fingerprint density at radius 1 is 0.955 bits per heavy atom. The first kappa shape index (κ1) is 16.1. The van der Waals surface area contributed by atoms with E-state index in [0.29, 0.717) is 23.1 Å². The van der Waals surface area contributed by atoms with Gasteiger partial charge in [0.05, 0.1) is 26.7 Å². The second kappa shape index (κ2) is 6.68. The molecule has 0 fully saturated rings. The van der Waals surface area contributed by atoms with Gasteiger partial charge in [0.25, 0.3) is 0 Å². The Labute approximate surface area is 131 Å². The van der Waals surface area contributed by atoms with Crippen LogP contribution in [-0.4, -0.2) is 44.4 Å². The minimum absolute atomic E-state index is 0.543. The summed E-state index contributed by atoms with van der Waals surface area (Å²) in [5.74, 6) is 3.29. The van der Waals surface area contributed by atoms with Crippen molar-refractivity contribution < 1.29 is 14.2 Å². The number of aryl methyl sites for hydroxylation is 1. The highest BCUT2D eigenvalue weighted by Gasteiger charge is 2.21. The summed E-state index contributed by atoms with van der Waals surface area (Å²) in [6.07, 6.45) is 0. The number of hydrogen-bond donors (Lipinski definition) is 0. The Hall–Kier alpha value is -2.24. The van der Waals surface area contributed by atoms with E-state index in [9.17, 15) is 0 Å². The summed E-state index contributed by atoms with van der Waals surface area (Å²) in [6.45, 7) is 7.80. The summed E-state index contributed by atoms with van der Waals surface area (Å²) in [5, 5.41) is 0.892. The molecule has 0 saturated carbocycles. The Morgan fingerprint density at radius 3 is 2.09 bits per heavy atom. The zero-order valence-corrected chi connectivity index (χ0v) is 14.1. The van der Waals surface area contributed by atoms with E-state index in [2.05, 4.69) is 28.7 Å². The summed E-state index contributed by atoms with van der Waals surface area (Å²) < 4.78 is 16.4. The van der Waals surface area contributed by atoms with Crippen LogP contribution in [0.1, 0.15) is 19.7 Å². The molecule has 0 amide bonds. The van der Waals surface area contributed by atoms with Crippen LogP contribution < -0.4 is 19.1 Å². The quantitative estimate of drug-likeness (QED) is 0.818. The SMILES string of the molecule is CCN(CC)c1nc(C)nc2c(OC)c(OC)c(OC)cc12. The monoisotopic (exact) mass is 305 g/mol. The Kier molecular flexibility index (Phi) is 4.90. The number of aromatic nitrogens is 2. The lowest BCUT2D eigenvalue weighted by atomic mass is 10.1. The Morgan fingerprint density at radius 2 is 1.59 bits per heavy atom. The van der Waals surface area contributed by atoms with Crippen LogP contribution in [0.3, 0.4) is 0 Å². The number of anilines is 1. The van der Waals surface area contributed by atoms with E-state index >= 15 is 0 Å². The van der Waals surface area contributed by atoms with Crippen LogP contribution in [0.4, 0.5) is 5.82 Å². The fourth-order valence-electron chi connectivity index (χ4n) is 2.59. The molecule has 0 atom stereocenters. The lowest BCUT2D eigenvalue weighted by molar-refractivity contribution is 0.327. The molecule has 0 N–H and O–H groups in total. The molecule has 2 aromatic rings. The van der Waals surface area contributed by atoms with E-state index in [4.69, 9.17) is 14.2 Å². The molecular formula is C16H23N3O3. The number of nitrogens with zero attached hydrogens (tertiary/aromatic N) is 3. The third-order valence-corrected chi connectivity index (χ3v) is 3.65. The molecule has 6 nitrogen and oxygen atoms in total. The van der Waals surface area contributed by atoms with E-state index in [-0.39, 0.29) is 0 Å². The molecule has 0 spiro atoms. The number of methoxy groups -OCH3 is 3. The summed E-state index contributed by atoms with van der Waals surface area (Å²) in [5.41, 5.74) is 0.731. The number of benzene rings is 1. The fourth-order valence-corrected chi connectivity index (χ4v) is 2.59. The lowest BCUT2D eigenvalue weighted by Crippen LogP contribution is -2.23. The molecule has 0 aliphatic heterocycles. The number of fused-ring (bicyclic) bond motifs is 1. The predicted octanol–water partition coefficient (Wildman–Crippen LogP) is 2.81. The average molecular weight is 305 g/mol. The summed E-state index contributed by atoms with van der Waals surface area (Å²) in [7, 11) is 4.80. The van der Waals surface area contributed by atoms with Gasteiger partial charge in [-0.05, 0) is 26.8 Å². The van der Waals surface area contributed by atoms with Crippen molar-refractivity contribution in [3.05, 3.63) is 11.9 Å². The maximum atomic E-state index is 5.54. The minimum Gasteiger partial charge on any atom is -0.493 e. The van der Waals surface area contributed by atoms with E-state index < -0.39 is 0 Å². The second-order valence-corrected chi connectivity index (χ2v) is 4.81. The van der Waals surface area contributed by atoms with Crippen molar-refractivity contribution in [1.82, 2.24) is 9.97 Å². The van der Waals surface area contributed by atoms with Gasteiger partial charge < -0.3 is 19.1 Å². The van der Waals surface area contributed by atoms with Gasteiger partial charge in [0.1, 0.15) is 17.2 Å².